The molecule has 6 nitrogen and oxygen atoms in total. The van der Waals surface area contributed by atoms with Gasteiger partial charge >= 0.3 is 0 Å². The second-order valence-electron chi connectivity index (χ2n) is 5.02. The molecular formula is C16H14ClN3O3S. The van der Waals surface area contributed by atoms with Crippen molar-refractivity contribution in [3.8, 4) is 11.4 Å². The summed E-state index contributed by atoms with van der Waals surface area (Å²) in [6, 6.07) is 13.1. The fraction of sp³-hybridized carbons (Fsp3) is 0.125. The van der Waals surface area contributed by atoms with Gasteiger partial charge in [0.2, 0.25) is 14.9 Å². The Kier molecular flexibility index (Phi) is 4.29. The van der Waals surface area contributed by atoms with Crippen molar-refractivity contribution < 1.29 is 13.2 Å². The van der Waals surface area contributed by atoms with Crippen LogP contribution in [0.25, 0.3) is 5.69 Å². The van der Waals surface area contributed by atoms with E-state index in [1.54, 1.807) is 43.3 Å². The quantitative estimate of drug-likeness (QED) is 0.712. The number of benzene rings is 2. The number of methoxy groups -OCH3 is 1. The molecule has 24 heavy (non-hydrogen) atoms. The fourth-order valence-electron chi connectivity index (χ4n) is 2.33. The largest absolute Gasteiger partial charge is 0.494 e. The third-order valence-corrected chi connectivity index (χ3v) is 5.54. The van der Waals surface area contributed by atoms with E-state index < -0.39 is 9.84 Å². The molecule has 2 aromatic carbocycles. The molecule has 0 bridgehead atoms. The smallest absolute Gasteiger partial charge is 0.227 e. The van der Waals surface area contributed by atoms with Gasteiger partial charge in [0.05, 0.1) is 17.7 Å². The molecule has 3 aromatic rings. The monoisotopic (exact) mass is 363 g/mol. The van der Waals surface area contributed by atoms with E-state index in [0.29, 0.717) is 22.2 Å². The SMILES string of the molecule is COc1ccc(Cl)cc1-n1nnc(S(=O)(=O)c2ccccc2)c1C. The van der Waals surface area contributed by atoms with E-state index in [1.807, 2.05) is 0 Å². The van der Waals surface area contributed by atoms with E-state index in [1.165, 1.54) is 23.9 Å². The van der Waals surface area contributed by atoms with Crippen LogP contribution in [-0.4, -0.2) is 30.5 Å². The predicted molar refractivity (Wildman–Crippen MR) is 89.6 cm³/mol. The second kappa shape index (κ2) is 6.26. The van der Waals surface area contributed by atoms with Crippen molar-refractivity contribution >= 4 is 21.4 Å². The van der Waals surface area contributed by atoms with Gasteiger partial charge in [-0.25, -0.2) is 13.1 Å². The Bertz CT molecular complexity index is 985. The zero-order chi connectivity index (χ0) is 17.3. The van der Waals surface area contributed by atoms with Crippen LogP contribution in [0.1, 0.15) is 5.69 Å². The van der Waals surface area contributed by atoms with Crippen molar-refractivity contribution in [3.63, 3.8) is 0 Å². The molecule has 8 heteroatoms. The summed E-state index contributed by atoms with van der Waals surface area (Å²) in [5.74, 6) is 0.510. The summed E-state index contributed by atoms with van der Waals surface area (Å²) in [6.45, 7) is 1.64. The van der Waals surface area contributed by atoms with Crippen LogP contribution in [0.3, 0.4) is 0 Å². The van der Waals surface area contributed by atoms with Gasteiger partial charge in [-0.1, -0.05) is 35.0 Å². The molecule has 0 saturated heterocycles. The van der Waals surface area contributed by atoms with Crippen molar-refractivity contribution in [2.45, 2.75) is 16.8 Å². The van der Waals surface area contributed by atoms with E-state index in [0.717, 1.165) is 0 Å². The number of hydrogen-bond donors (Lipinski definition) is 0. The summed E-state index contributed by atoms with van der Waals surface area (Å²) in [5, 5.41) is 8.23. The number of halogens is 1. The molecule has 0 aliphatic heterocycles. The first kappa shape index (κ1) is 16.5. The lowest BCUT2D eigenvalue weighted by Gasteiger charge is -2.10. The first-order valence-electron chi connectivity index (χ1n) is 7.01. The Morgan fingerprint density at radius 1 is 1.12 bits per heavy atom. The van der Waals surface area contributed by atoms with E-state index >= 15 is 0 Å². The average molecular weight is 364 g/mol. The average Bonchev–Trinajstić information content (AvgIpc) is 2.97. The minimum absolute atomic E-state index is 0.101. The van der Waals surface area contributed by atoms with Gasteiger partial charge in [0, 0.05) is 5.02 Å². The number of ether oxygens (including phenoxy) is 1. The van der Waals surface area contributed by atoms with Gasteiger partial charge in [0.1, 0.15) is 11.4 Å². The third-order valence-electron chi connectivity index (χ3n) is 3.53. The van der Waals surface area contributed by atoms with E-state index in [2.05, 4.69) is 10.3 Å². The highest BCUT2D eigenvalue weighted by Gasteiger charge is 2.26. The van der Waals surface area contributed by atoms with Crippen molar-refractivity contribution in [2.24, 2.45) is 0 Å². The first-order valence-corrected chi connectivity index (χ1v) is 8.87. The maximum atomic E-state index is 12.7. The molecule has 0 aliphatic carbocycles. The van der Waals surface area contributed by atoms with Gasteiger partial charge in [-0.3, -0.25) is 0 Å². The lowest BCUT2D eigenvalue weighted by molar-refractivity contribution is 0.411. The topological polar surface area (TPSA) is 74.1 Å². The lowest BCUT2D eigenvalue weighted by Crippen LogP contribution is -2.06. The van der Waals surface area contributed by atoms with Crippen LogP contribution in [0, 0.1) is 6.92 Å². The minimum Gasteiger partial charge on any atom is -0.494 e. The van der Waals surface area contributed by atoms with Crippen LogP contribution in [-0.2, 0) is 9.84 Å². The van der Waals surface area contributed by atoms with Crippen LogP contribution in [0.2, 0.25) is 5.02 Å². The standard InChI is InChI=1S/C16H14ClN3O3S/c1-11-16(24(21,22)13-6-4-3-5-7-13)18-19-20(11)14-10-12(17)8-9-15(14)23-2/h3-10H,1-2H3. The lowest BCUT2D eigenvalue weighted by atomic mass is 10.3. The number of aromatic nitrogens is 3. The molecule has 1 heterocycles. The minimum atomic E-state index is -3.75. The fourth-order valence-corrected chi connectivity index (χ4v) is 3.86. The number of sulfone groups is 1. The van der Waals surface area contributed by atoms with E-state index in [-0.39, 0.29) is 9.92 Å². The molecule has 0 saturated carbocycles. The van der Waals surface area contributed by atoms with Crippen molar-refractivity contribution in [1.82, 2.24) is 15.0 Å². The van der Waals surface area contributed by atoms with E-state index in [4.69, 9.17) is 16.3 Å². The summed E-state index contributed by atoms with van der Waals surface area (Å²) >= 11 is 6.03. The van der Waals surface area contributed by atoms with Crippen LogP contribution >= 0.6 is 11.6 Å². The highest BCUT2D eigenvalue weighted by molar-refractivity contribution is 7.91. The molecule has 124 valence electrons. The summed E-state index contributed by atoms with van der Waals surface area (Å²) in [5.41, 5.74) is 0.893. The van der Waals surface area contributed by atoms with Gasteiger partial charge in [-0.2, -0.15) is 0 Å². The maximum Gasteiger partial charge on any atom is 0.227 e. The zero-order valence-corrected chi connectivity index (χ0v) is 14.5. The Hall–Kier alpha value is -2.38. The number of hydrogen-bond acceptors (Lipinski definition) is 5. The molecule has 0 aliphatic rings. The van der Waals surface area contributed by atoms with Gasteiger partial charge < -0.3 is 4.74 Å². The Morgan fingerprint density at radius 2 is 1.83 bits per heavy atom. The summed E-state index contributed by atoms with van der Waals surface area (Å²) in [7, 11) is -2.24. The Labute approximate surface area is 144 Å². The second-order valence-corrected chi connectivity index (χ2v) is 7.33. The highest BCUT2D eigenvalue weighted by atomic mass is 35.5. The highest BCUT2D eigenvalue weighted by Crippen LogP contribution is 2.29. The van der Waals surface area contributed by atoms with Crippen molar-refractivity contribution in [3.05, 3.63) is 59.2 Å². The molecule has 0 unspecified atom stereocenters. The molecule has 0 fully saturated rings. The number of nitrogens with zero attached hydrogens (tertiary/aromatic N) is 3. The normalized spacial score (nSPS) is 11.5. The molecule has 3 rings (SSSR count). The predicted octanol–water partition coefficient (Wildman–Crippen LogP) is 3.07. The van der Waals surface area contributed by atoms with Crippen LogP contribution in [0.5, 0.6) is 5.75 Å². The van der Waals surface area contributed by atoms with Crippen LogP contribution in [0.4, 0.5) is 0 Å². The molecule has 0 radical (unpaired) electrons. The van der Waals surface area contributed by atoms with Gasteiger partial charge in [-0.15, -0.1) is 5.10 Å². The third kappa shape index (κ3) is 2.76. The maximum absolute atomic E-state index is 12.7. The molecule has 1 aromatic heterocycles. The van der Waals surface area contributed by atoms with E-state index in [9.17, 15) is 8.42 Å². The van der Waals surface area contributed by atoms with Gasteiger partial charge in [0.25, 0.3) is 0 Å². The summed E-state index contributed by atoms with van der Waals surface area (Å²) in [6.07, 6.45) is 0. The molecule has 0 atom stereocenters. The molecular weight excluding hydrogens is 350 g/mol. The van der Waals surface area contributed by atoms with Crippen LogP contribution < -0.4 is 4.74 Å². The van der Waals surface area contributed by atoms with Crippen molar-refractivity contribution in [1.29, 1.82) is 0 Å². The molecule has 0 amide bonds. The summed E-state index contributed by atoms with van der Waals surface area (Å²) < 4.78 is 32.2. The zero-order valence-electron chi connectivity index (χ0n) is 13.0. The van der Waals surface area contributed by atoms with Gasteiger partial charge in [-0.05, 0) is 37.3 Å². The number of rotatable bonds is 4. The molecule has 0 N–H and O–H groups in total. The van der Waals surface area contributed by atoms with Crippen molar-refractivity contribution in [2.75, 3.05) is 7.11 Å². The first-order chi connectivity index (χ1) is 11.4. The van der Waals surface area contributed by atoms with Gasteiger partial charge in [0.15, 0.2) is 0 Å². The molecule has 0 spiro atoms. The Balaban J connectivity index is 2.16. The Morgan fingerprint density at radius 3 is 2.50 bits per heavy atom. The van der Waals surface area contributed by atoms with Crippen LogP contribution in [0.15, 0.2) is 58.5 Å². The summed E-state index contributed by atoms with van der Waals surface area (Å²) in [4.78, 5) is 0.165.